The molecule has 0 spiro atoms. The summed E-state index contributed by atoms with van der Waals surface area (Å²) in [5.74, 6) is 1.11. The van der Waals surface area contributed by atoms with Crippen LogP contribution in [0.1, 0.15) is 65.4 Å². The Bertz CT molecular complexity index is 2210. The first-order valence-corrected chi connectivity index (χ1v) is 22.3. The molecule has 3 aliphatic rings. The third-order valence-corrected chi connectivity index (χ3v) is 12.3. The van der Waals surface area contributed by atoms with Crippen molar-refractivity contribution in [3.63, 3.8) is 0 Å². The second-order valence-electron chi connectivity index (χ2n) is 14.3. The van der Waals surface area contributed by atoms with E-state index in [2.05, 4.69) is 37.9 Å². The van der Waals surface area contributed by atoms with Crippen LogP contribution >= 0.6 is 35.4 Å². The van der Waals surface area contributed by atoms with Crippen molar-refractivity contribution >= 4 is 81.2 Å². The van der Waals surface area contributed by atoms with E-state index >= 15 is 0 Å². The SMILES string of the molecule is CCC1=C(C)CN(C(=O)NCCc2ccc(S(=O)(=O)NC(=O)NC3CCC(C)CC3)cc2)C1=O.CCOC(=O)n1ccn(C)c1=S.Clc1cccc(Cl)c1NC1=NCCN1. The van der Waals surface area contributed by atoms with E-state index in [0.717, 1.165) is 55.9 Å². The number of aliphatic imine (C=N–C) groups is 1. The lowest BCUT2D eigenvalue weighted by atomic mass is 9.87. The van der Waals surface area contributed by atoms with E-state index in [4.69, 9.17) is 40.2 Å². The molecule has 1 aromatic heterocycles. The molecule has 6 rings (SSSR count). The average molecular weight is 907 g/mol. The lowest BCUT2D eigenvalue weighted by Gasteiger charge is -2.26. The third-order valence-electron chi connectivity index (χ3n) is 9.81. The van der Waals surface area contributed by atoms with E-state index in [1.165, 1.54) is 21.6 Å². The summed E-state index contributed by atoms with van der Waals surface area (Å²) in [6.07, 6.45) is 7.66. The number of sulfonamides is 1. The number of aryl methyl sites for hydroxylation is 1. The molecule has 1 aliphatic carbocycles. The molecule has 5 amide bonds. The number of rotatable bonds is 9. The Labute approximate surface area is 366 Å². The quantitative estimate of drug-likeness (QED) is 0.140. The predicted octanol–water partition coefficient (Wildman–Crippen LogP) is 7.00. The van der Waals surface area contributed by atoms with Crippen LogP contribution in [0.25, 0.3) is 0 Å². The number of carbonyl (C=O) groups is 4. The number of imidazole rings is 1. The highest BCUT2D eigenvalue weighted by Crippen LogP contribution is 2.30. The van der Waals surface area contributed by atoms with Crippen molar-refractivity contribution in [2.45, 2.75) is 77.2 Å². The molecule has 1 fully saturated rings. The Morgan fingerprint density at radius 3 is 2.23 bits per heavy atom. The Balaban J connectivity index is 0.000000247. The molecule has 0 atom stereocenters. The standard InChI is InChI=1S/C24H34N4O5S.C9H9Cl2N3.C7H10N2O2S/c1-4-21-17(3)15-28(22(21)29)24(31)25-14-13-18-7-11-20(12-8-18)34(32,33)27-23(30)26-19-9-5-16(2)6-10-19;10-6-2-1-3-7(11)8(6)14-9-12-4-5-13-9;1-3-11-7(10)9-5-4-8(2)6(9)12/h7-8,11-12,16,19H,4-6,9-10,13-15H2,1-3H3,(H,25,31)(H2,26,27,30);1-3H,4-5H2,(H2,12,13,14);4-5H,3H2,1-2H3. The number of imide groups is 1. The van der Waals surface area contributed by atoms with E-state index in [-0.39, 0.29) is 16.8 Å². The van der Waals surface area contributed by atoms with E-state index in [0.29, 0.717) is 64.5 Å². The Kier molecular flexibility index (Phi) is 18.0. The number of nitrogens with zero attached hydrogens (tertiary/aromatic N) is 4. The zero-order valence-electron chi connectivity index (χ0n) is 34.3. The Morgan fingerprint density at radius 1 is 1.02 bits per heavy atom. The molecule has 2 aliphatic heterocycles. The molecular weight excluding hydrogens is 854 g/mol. The van der Waals surface area contributed by atoms with Gasteiger partial charge in [-0.2, -0.15) is 0 Å². The zero-order chi connectivity index (χ0) is 44.0. The second-order valence-corrected chi connectivity index (χ2v) is 17.2. The molecule has 3 heterocycles. The molecule has 16 nitrogen and oxygen atoms in total. The summed E-state index contributed by atoms with van der Waals surface area (Å²) >= 11 is 16.9. The van der Waals surface area contributed by atoms with Gasteiger partial charge in [-0.25, -0.2) is 32.1 Å². The van der Waals surface area contributed by atoms with Gasteiger partial charge in [-0.3, -0.25) is 14.7 Å². The first-order chi connectivity index (χ1) is 28.5. The number of benzene rings is 2. The van der Waals surface area contributed by atoms with E-state index in [1.807, 2.05) is 13.8 Å². The average Bonchev–Trinajstić information content (AvgIpc) is 3.93. The fourth-order valence-electron chi connectivity index (χ4n) is 6.42. The number of halogens is 2. The van der Waals surface area contributed by atoms with Crippen LogP contribution < -0.4 is 26.0 Å². The van der Waals surface area contributed by atoms with Crippen LogP contribution in [-0.2, 0) is 33.0 Å². The van der Waals surface area contributed by atoms with Crippen molar-refractivity contribution in [1.29, 1.82) is 0 Å². The first-order valence-electron chi connectivity index (χ1n) is 19.7. The van der Waals surface area contributed by atoms with Crippen LogP contribution in [0.4, 0.5) is 20.1 Å². The molecule has 0 bridgehead atoms. The topological polar surface area (TPSA) is 197 Å². The van der Waals surface area contributed by atoms with Crippen molar-refractivity contribution in [3.05, 3.63) is 86.4 Å². The highest BCUT2D eigenvalue weighted by Gasteiger charge is 2.31. The Hall–Kier alpha value is -4.91. The molecule has 326 valence electrons. The number of para-hydroxylation sites is 1. The molecule has 60 heavy (non-hydrogen) atoms. The molecule has 0 saturated heterocycles. The van der Waals surface area contributed by atoms with Crippen LogP contribution in [0.5, 0.6) is 0 Å². The molecule has 2 aromatic carbocycles. The lowest BCUT2D eigenvalue weighted by Crippen LogP contribution is -2.45. The minimum Gasteiger partial charge on any atom is -0.449 e. The van der Waals surface area contributed by atoms with Crippen molar-refractivity contribution in [3.8, 4) is 0 Å². The summed E-state index contributed by atoms with van der Waals surface area (Å²) in [6, 6.07) is 10.4. The highest BCUT2D eigenvalue weighted by molar-refractivity contribution is 7.90. The van der Waals surface area contributed by atoms with Crippen molar-refractivity contribution in [1.82, 2.24) is 34.7 Å². The molecule has 20 heteroatoms. The van der Waals surface area contributed by atoms with Crippen molar-refractivity contribution in [2.75, 3.05) is 38.1 Å². The van der Waals surface area contributed by atoms with Crippen molar-refractivity contribution < 1.29 is 32.3 Å². The monoisotopic (exact) mass is 905 g/mol. The number of nitrogens with one attached hydrogen (secondary N) is 5. The van der Waals surface area contributed by atoms with Gasteiger partial charge in [0, 0.05) is 44.1 Å². The molecule has 5 N–H and O–H groups in total. The van der Waals surface area contributed by atoms with Gasteiger partial charge in [-0.05, 0) is 106 Å². The molecule has 3 aromatic rings. The number of anilines is 1. The minimum atomic E-state index is -3.98. The van der Waals surface area contributed by atoms with Gasteiger partial charge in [-0.1, -0.05) is 55.2 Å². The molecule has 0 unspecified atom stereocenters. The van der Waals surface area contributed by atoms with Crippen LogP contribution in [0.3, 0.4) is 0 Å². The van der Waals surface area contributed by atoms with Crippen LogP contribution in [0.2, 0.25) is 10.0 Å². The van der Waals surface area contributed by atoms with Crippen LogP contribution in [-0.4, -0.2) is 91.3 Å². The number of hydrogen-bond acceptors (Lipinski definition) is 11. The number of amides is 5. The predicted molar refractivity (Wildman–Crippen MR) is 236 cm³/mol. The van der Waals surface area contributed by atoms with Gasteiger partial charge >= 0.3 is 18.2 Å². The number of carbonyl (C=O) groups excluding carboxylic acids is 4. The molecule has 1 saturated carbocycles. The largest absolute Gasteiger partial charge is 0.449 e. The normalized spacial score (nSPS) is 17.3. The number of aromatic nitrogens is 2. The molecular formula is C40H53Cl2N9O7S2. The maximum atomic E-state index is 12.5. The summed E-state index contributed by atoms with van der Waals surface area (Å²) in [7, 11) is -2.21. The number of ether oxygens (including phenoxy) is 1. The summed E-state index contributed by atoms with van der Waals surface area (Å²) in [5, 5.41) is 12.8. The number of guanidine groups is 1. The van der Waals surface area contributed by atoms with Gasteiger partial charge in [0.2, 0.25) is 0 Å². The van der Waals surface area contributed by atoms with Crippen LogP contribution in [0.15, 0.2) is 75.9 Å². The molecule has 0 radical (unpaired) electrons. The van der Waals surface area contributed by atoms with Crippen molar-refractivity contribution in [2.24, 2.45) is 18.0 Å². The third kappa shape index (κ3) is 13.6. The van der Waals surface area contributed by atoms with Crippen LogP contribution in [0, 0.1) is 10.7 Å². The maximum absolute atomic E-state index is 12.5. The fraction of sp³-hybridized carbons (Fsp3) is 0.450. The number of hydrogen-bond donors (Lipinski definition) is 5. The first kappa shape index (κ1) is 47.8. The van der Waals surface area contributed by atoms with Gasteiger partial charge in [0.25, 0.3) is 15.9 Å². The fourth-order valence-corrected chi connectivity index (χ4v) is 8.03. The second kappa shape index (κ2) is 22.6. The Morgan fingerprint density at radius 2 is 1.68 bits per heavy atom. The number of urea groups is 2. The summed E-state index contributed by atoms with van der Waals surface area (Å²) < 4.78 is 35.3. The van der Waals surface area contributed by atoms with Gasteiger partial charge in [0.1, 0.15) is 0 Å². The summed E-state index contributed by atoms with van der Waals surface area (Å²) in [6.45, 7) is 10.3. The van der Waals surface area contributed by atoms with E-state index < -0.39 is 28.2 Å². The van der Waals surface area contributed by atoms with E-state index in [1.54, 1.807) is 61.3 Å². The van der Waals surface area contributed by atoms with Gasteiger partial charge in [0.15, 0.2) is 10.7 Å². The highest BCUT2D eigenvalue weighted by atomic mass is 35.5. The minimum absolute atomic E-state index is 0.00639. The van der Waals surface area contributed by atoms with Gasteiger partial charge in [-0.15, -0.1) is 0 Å². The summed E-state index contributed by atoms with van der Waals surface area (Å²) in [4.78, 5) is 53.3. The maximum Gasteiger partial charge on any atom is 0.420 e. The summed E-state index contributed by atoms with van der Waals surface area (Å²) in [5.41, 5.74) is 3.11. The zero-order valence-corrected chi connectivity index (χ0v) is 37.5. The lowest BCUT2D eigenvalue weighted by molar-refractivity contribution is -0.123. The van der Waals surface area contributed by atoms with E-state index in [9.17, 15) is 27.6 Å². The van der Waals surface area contributed by atoms with Gasteiger partial charge in [0.05, 0.1) is 40.3 Å². The smallest absolute Gasteiger partial charge is 0.420 e. The van der Waals surface area contributed by atoms with Gasteiger partial charge < -0.3 is 30.6 Å².